The number of benzene rings is 1. The number of hydrogen-bond donors (Lipinski definition) is 3. The summed E-state index contributed by atoms with van der Waals surface area (Å²) in [7, 11) is 0. The maximum Gasteiger partial charge on any atom is 0.330 e. The number of rotatable bonds is 5. The maximum atomic E-state index is 12.1. The van der Waals surface area contributed by atoms with E-state index in [4.69, 9.17) is 0 Å². The Labute approximate surface area is 129 Å². The predicted molar refractivity (Wildman–Crippen MR) is 82.0 cm³/mol. The zero-order chi connectivity index (χ0) is 16.9. The molecule has 2 amide bonds. The second-order valence-electron chi connectivity index (χ2n) is 6.14. The molecule has 1 unspecified atom stereocenters. The highest BCUT2D eigenvalue weighted by molar-refractivity contribution is 5.91. The Morgan fingerprint density at radius 1 is 1.05 bits per heavy atom. The number of hydrogen-bond acceptors (Lipinski definition) is 3. The van der Waals surface area contributed by atoms with Gasteiger partial charge in [0.1, 0.15) is 6.04 Å². The number of nitrogens with one attached hydrogen (secondary N) is 2. The molecule has 3 N–H and O–H groups in total. The summed E-state index contributed by atoms with van der Waals surface area (Å²) in [6, 6.07) is 6.43. The minimum absolute atomic E-state index is 0.276. The highest BCUT2D eigenvalue weighted by Crippen LogP contribution is 2.14. The van der Waals surface area contributed by atoms with E-state index in [1.54, 1.807) is 51.1 Å². The molecule has 0 aromatic heterocycles. The summed E-state index contributed by atoms with van der Waals surface area (Å²) in [5.74, 6) is -1.98. The van der Waals surface area contributed by atoms with E-state index < -0.39 is 29.4 Å². The van der Waals surface area contributed by atoms with Crippen LogP contribution in [0.4, 0.5) is 0 Å². The average Bonchev–Trinajstić information content (AvgIpc) is 2.43. The predicted octanol–water partition coefficient (Wildman–Crippen LogP) is 1.48. The van der Waals surface area contributed by atoms with Gasteiger partial charge in [-0.15, -0.1) is 0 Å². The maximum absolute atomic E-state index is 12.1. The zero-order valence-electron chi connectivity index (χ0n) is 13.2. The van der Waals surface area contributed by atoms with E-state index in [0.717, 1.165) is 0 Å². The van der Waals surface area contributed by atoms with Crippen molar-refractivity contribution in [1.29, 1.82) is 0 Å². The van der Waals surface area contributed by atoms with E-state index in [-0.39, 0.29) is 5.91 Å². The third kappa shape index (κ3) is 4.87. The van der Waals surface area contributed by atoms with E-state index in [0.29, 0.717) is 5.56 Å². The van der Waals surface area contributed by atoms with Crippen LogP contribution in [0.25, 0.3) is 0 Å². The molecule has 0 aliphatic carbocycles. The first-order chi connectivity index (χ1) is 10.1. The Bertz CT molecular complexity index is 549. The van der Waals surface area contributed by atoms with Crippen LogP contribution in [0, 0.1) is 5.41 Å². The summed E-state index contributed by atoms with van der Waals surface area (Å²) in [4.78, 5) is 35.3. The normalized spacial score (nSPS) is 13.8. The highest BCUT2D eigenvalue weighted by Gasteiger charge is 2.28. The van der Waals surface area contributed by atoms with Crippen LogP contribution in [0.5, 0.6) is 0 Å². The standard InChI is InChI=1S/C16H22N2O4/c1-10(17-15(22)16(2,3)4)13(19)18-12(14(20)21)11-8-6-5-7-9-11/h5-10,12H,1-4H3,(H,17,22)(H,18,19)(H,20,21)/t10?,12-/m1/s1. The van der Waals surface area contributed by atoms with Crippen molar-refractivity contribution < 1.29 is 19.5 Å². The van der Waals surface area contributed by atoms with Crippen LogP contribution in [0.1, 0.15) is 39.3 Å². The second kappa shape index (κ2) is 7.06. The van der Waals surface area contributed by atoms with Crippen molar-refractivity contribution in [3.05, 3.63) is 35.9 Å². The van der Waals surface area contributed by atoms with Crippen molar-refractivity contribution >= 4 is 17.8 Å². The van der Waals surface area contributed by atoms with Crippen molar-refractivity contribution in [2.75, 3.05) is 0 Å². The van der Waals surface area contributed by atoms with Gasteiger partial charge in [0, 0.05) is 5.41 Å². The van der Waals surface area contributed by atoms with Crippen LogP contribution in [0.15, 0.2) is 30.3 Å². The van der Waals surface area contributed by atoms with E-state index in [1.165, 1.54) is 6.92 Å². The van der Waals surface area contributed by atoms with Crippen LogP contribution in [0.2, 0.25) is 0 Å². The van der Waals surface area contributed by atoms with Crippen molar-refractivity contribution in [2.45, 2.75) is 39.8 Å². The molecule has 22 heavy (non-hydrogen) atoms. The number of carbonyl (C=O) groups excluding carboxylic acids is 2. The third-order valence-corrected chi connectivity index (χ3v) is 3.09. The third-order valence-electron chi connectivity index (χ3n) is 3.09. The molecule has 0 saturated carbocycles. The number of carbonyl (C=O) groups is 3. The van der Waals surface area contributed by atoms with Gasteiger partial charge in [0.05, 0.1) is 0 Å². The number of carboxylic acids is 1. The lowest BCUT2D eigenvalue weighted by Crippen LogP contribution is -2.49. The zero-order valence-corrected chi connectivity index (χ0v) is 13.2. The molecule has 0 fully saturated rings. The lowest BCUT2D eigenvalue weighted by Gasteiger charge is -2.23. The molecule has 0 radical (unpaired) electrons. The van der Waals surface area contributed by atoms with Gasteiger partial charge in [0.25, 0.3) is 0 Å². The first kappa shape index (κ1) is 17.7. The molecule has 0 spiro atoms. The quantitative estimate of drug-likeness (QED) is 0.768. The van der Waals surface area contributed by atoms with E-state index in [2.05, 4.69) is 10.6 Å². The molecule has 1 aromatic carbocycles. The fourth-order valence-electron chi connectivity index (χ4n) is 1.68. The summed E-state index contributed by atoms with van der Waals surface area (Å²) in [6.07, 6.45) is 0. The van der Waals surface area contributed by atoms with Crippen molar-refractivity contribution in [1.82, 2.24) is 10.6 Å². The van der Waals surface area contributed by atoms with Crippen LogP contribution in [-0.4, -0.2) is 28.9 Å². The SMILES string of the molecule is CC(NC(=O)C(C)(C)C)C(=O)N[C@@H](C(=O)O)c1ccccc1. The molecule has 0 heterocycles. The topological polar surface area (TPSA) is 95.5 Å². The van der Waals surface area contributed by atoms with Gasteiger partial charge in [-0.05, 0) is 12.5 Å². The minimum atomic E-state index is -1.16. The van der Waals surface area contributed by atoms with Crippen molar-refractivity contribution in [2.24, 2.45) is 5.41 Å². The van der Waals surface area contributed by atoms with Gasteiger partial charge in [0.15, 0.2) is 6.04 Å². The molecule has 1 rings (SSSR count). The second-order valence-corrected chi connectivity index (χ2v) is 6.14. The van der Waals surface area contributed by atoms with Crippen molar-refractivity contribution in [3.63, 3.8) is 0 Å². The first-order valence-corrected chi connectivity index (χ1v) is 7.02. The summed E-state index contributed by atoms with van der Waals surface area (Å²) >= 11 is 0. The number of aliphatic carboxylic acids is 1. The number of carboxylic acid groups (broad SMARTS) is 1. The Hall–Kier alpha value is -2.37. The Kier molecular flexibility index (Phi) is 5.68. The van der Waals surface area contributed by atoms with Gasteiger partial charge in [-0.2, -0.15) is 0 Å². The van der Waals surface area contributed by atoms with Gasteiger partial charge in [-0.3, -0.25) is 9.59 Å². The van der Waals surface area contributed by atoms with Crippen LogP contribution < -0.4 is 10.6 Å². The van der Waals surface area contributed by atoms with Gasteiger partial charge in [-0.1, -0.05) is 51.1 Å². The fourth-order valence-corrected chi connectivity index (χ4v) is 1.68. The number of amides is 2. The van der Waals surface area contributed by atoms with Crippen molar-refractivity contribution in [3.8, 4) is 0 Å². The lowest BCUT2D eigenvalue weighted by molar-refractivity contribution is -0.142. The van der Waals surface area contributed by atoms with Gasteiger partial charge in [0.2, 0.25) is 11.8 Å². The summed E-state index contributed by atoms with van der Waals surface area (Å²) < 4.78 is 0. The summed E-state index contributed by atoms with van der Waals surface area (Å²) in [5, 5.41) is 14.3. The molecule has 6 nitrogen and oxygen atoms in total. The highest BCUT2D eigenvalue weighted by atomic mass is 16.4. The molecule has 0 bridgehead atoms. The lowest BCUT2D eigenvalue weighted by atomic mass is 9.95. The molecular weight excluding hydrogens is 284 g/mol. The van der Waals surface area contributed by atoms with Gasteiger partial charge < -0.3 is 15.7 Å². The fraction of sp³-hybridized carbons (Fsp3) is 0.438. The molecule has 6 heteroatoms. The van der Waals surface area contributed by atoms with Crippen LogP contribution >= 0.6 is 0 Å². The van der Waals surface area contributed by atoms with E-state index in [9.17, 15) is 19.5 Å². The minimum Gasteiger partial charge on any atom is -0.479 e. The molecule has 0 aliphatic rings. The first-order valence-electron chi connectivity index (χ1n) is 7.02. The molecule has 2 atom stereocenters. The van der Waals surface area contributed by atoms with Gasteiger partial charge in [-0.25, -0.2) is 4.79 Å². The summed E-state index contributed by atoms with van der Waals surface area (Å²) in [6.45, 7) is 6.72. The largest absolute Gasteiger partial charge is 0.479 e. The van der Waals surface area contributed by atoms with Crippen LogP contribution in [-0.2, 0) is 14.4 Å². The molecule has 0 saturated heterocycles. The Morgan fingerprint density at radius 3 is 2.05 bits per heavy atom. The van der Waals surface area contributed by atoms with Gasteiger partial charge >= 0.3 is 5.97 Å². The molecule has 120 valence electrons. The molecular formula is C16H22N2O4. The van der Waals surface area contributed by atoms with E-state index >= 15 is 0 Å². The smallest absolute Gasteiger partial charge is 0.330 e. The molecule has 1 aromatic rings. The van der Waals surface area contributed by atoms with Crippen LogP contribution in [0.3, 0.4) is 0 Å². The Balaban J connectivity index is 2.76. The monoisotopic (exact) mass is 306 g/mol. The van der Waals surface area contributed by atoms with E-state index in [1.807, 2.05) is 0 Å². The average molecular weight is 306 g/mol. The molecule has 0 aliphatic heterocycles. The summed E-state index contributed by atoms with van der Waals surface area (Å²) in [5.41, 5.74) is -0.155. The Morgan fingerprint density at radius 2 is 1.59 bits per heavy atom.